The minimum atomic E-state index is -0.862. The molecule has 0 radical (unpaired) electrons. The molecular weight excluding hydrogens is 210 g/mol. The molecule has 0 bridgehead atoms. The van der Waals surface area contributed by atoms with Gasteiger partial charge in [-0.3, -0.25) is 0 Å². The van der Waals surface area contributed by atoms with E-state index in [4.69, 9.17) is 5.11 Å². The maximum atomic E-state index is 10.4. The van der Waals surface area contributed by atoms with E-state index in [9.17, 15) is 4.79 Å². The van der Waals surface area contributed by atoms with Gasteiger partial charge in [-0.25, -0.2) is 4.79 Å². The molecule has 0 atom stereocenters. The van der Waals surface area contributed by atoms with Crippen LogP contribution in [0.3, 0.4) is 0 Å². The Bertz CT molecular complexity index is 317. The van der Waals surface area contributed by atoms with Crippen LogP contribution in [0.25, 0.3) is 0 Å². The third kappa shape index (κ3) is 3.65. The number of carbonyl (C=O) groups is 1. The lowest BCUT2D eigenvalue weighted by Crippen LogP contribution is -3.00. The van der Waals surface area contributed by atoms with Gasteiger partial charge < -0.3 is 17.5 Å². The Morgan fingerprint density at radius 3 is 2.77 bits per heavy atom. The van der Waals surface area contributed by atoms with E-state index in [0.717, 1.165) is 5.56 Å². The summed E-state index contributed by atoms with van der Waals surface area (Å²) in [5, 5.41) is 9.17. The third-order valence-corrected chi connectivity index (χ3v) is 1.86. The van der Waals surface area contributed by atoms with Crippen molar-refractivity contribution in [3.05, 3.63) is 23.9 Å². The van der Waals surface area contributed by atoms with Crippen LogP contribution in [0.1, 0.15) is 5.56 Å². The number of pyridine rings is 1. The standard InChI is InChI=1S/C8H9NO2S.ClH/c1-6-2-3-9(5-8(10)11)7(12)4-6;/h2-4H,5H2,1H3,(H,10,11);1H. The molecular formula is C8H10ClNO2S. The van der Waals surface area contributed by atoms with Gasteiger partial charge in [-0.1, -0.05) is 12.6 Å². The zero-order chi connectivity index (χ0) is 9.14. The predicted molar refractivity (Wildman–Crippen MR) is 46.3 cm³/mol. The van der Waals surface area contributed by atoms with E-state index >= 15 is 0 Å². The third-order valence-electron chi connectivity index (χ3n) is 1.47. The van der Waals surface area contributed by atoms with Crippen molar-refractivity contribution in [2.24, 2.45) is 0 Å². The topological polar surface area (TPSA) is 41.2 Å². The highest BCUT2D eigenvalue weighted by atomic mass is 35.5. The van der Waals surface area contributed by atoms with Crippen LogP contribution in [0.4, 0.5) is 0 Å². The fourth-order valence-electron chi connectivity index (χ4n) is 0.898. The summed E-state index contributed by atoms with van der Waals surface area (Å²) in [4.78, 5) is 10.4. The molecule has 1 N–H and O–H groups in total. The second kappa shape index (κ2) is 5.09. The van der Waals surface area contributed by atoms with Crippen LogP contribution in [0.15, 0.2) is 23.4 Å². The maximum Gasteiger partial charge on any atom is 0.370 e. The molecule has 5 heteroatoms. The van der Waals surface area contributed by atoms with Gasteiger partial charge in [0.2, 0.25) is 11.6 Å². The zero-order valence-corrected chi connectivity index (χ0v) is 8.72. The quantitative estimate of drug-likeness (QED) is 0.433. The van der Waals surface area contributed by atoms with Crippen LogP contribution < -0.4 is 17.0 Å². The fraction of sp³-hybridized carbons (Fsp3) is 0.250. The first kappa shape index (κ1) is 12.3. The molecule has 0 unspecified atom stereocenters. The molecule has 0 aliphatic carbocycles. The van der Waals surface area contributed by atoms with E-state index in [2.05, 4.69) is 12.6 Å². The number of aryl methyl sites for hydroxylation is 1. The average Bonchev–Trinajstić information content (AvgIpc) is 1.94. The molecule has 0 fully saturated rings. The maximum absolute atomic E-state index is 10.4. The van der Waals surface area contributed by atoms with Crippen molar-refractivity contribution in [2.45, 2.75) is 18.5 Å². The molecule has 1 heterocycles. The van der Waals surface area contributed by atoms with E-state index in [0.29, 0.717) is 5.03 Å². The first-order chi connectivity index (χ1) is 5.59. The molecule has 0 saturated carbocycles. The molecule has 1 aromatic rings. The predicted octanol–water partition coefficient (Wildman–Crippen LogP) is -2.34. The van der Waals surface area contributed by atoms with E-state index in [1.54, 1.807) is 10.8 Å². The van der Waals surface area contributed by atoms with Gasteiger partial charge in [-0.15, -0.1) is 0 Å². The Kier molecular flexibility index (Phi) is 4.80. The van der Waals surface area contributed by atoms with E-state index in [1.807, 2.05) is 19.1 Å². The van der Waals surface area contributed by atoms with Gasteiger partial charge in [-0.05, 0) is 12.5 Å². The lowest BCUT2D eigenvalue weighted by molar-refractivity contribution is -0.721. The number of carboxylic acids is 1. The summed E-state index contributed by atoms with van der Waals surface area (Å²) in [6, 6.07) is 3.68. The summed E-state index contributed by atoms with van der Waals surface area (Å²) in [6.07, 6.45) is 1.71. The van der Waals surface area contributed by atoms with Crippen LogP contribution in [-0.2, 0) is 11.3 Å². The fourth-order valence-corrected chi connectivity index (χ4v) is 1.24. The lowest BCUT2D eigenvalue weighted by atomic mass is 10.3. The SMILES string of the molecule is Cc1cc[n+](CC(=O)O)c(S)c1.[Cl-]. The summed E-state index contributed by atoms with van der Waals surface area (Å²) >= 11 is 4.14. The number of rotatable bonds is 2. The Labute approximate surface area is 88.2 Å². The number of thiol groups is 1. The van der Waals surface area contributed by atoms with Crippen LogP contribution in [0.2, 0.25) is 0 Å². The second-order valence-corrected chi connectivity index (χ2v) is 3.04. The molecule has 0 aliphatic rings. The van der Waals surface area contributed by atoms with Gasteiger partial charge >= 0.3 is 5.97 Å². The summed E-state index contributed by atoms with van der Waals surface area (Å²) in [7, 11) is 0. The number of nitrogens with zero attached hydrogens (tertiary/aromatic N) is 1. The van der Waals surface area contributed by atoms with E-state index < -0.39 is 5.97 Å². The van der Waals surface area contributed by atoms with Crippen molar-refractivity contribution in [1.29, 1.82) is 0 Å². The monoisotopic (exact) mass is 219 g/mol. The Morgan fingerprint density at radius 1 is 1.69 bits per heavy atom. The summed E-state index contributed by atoms with van der Waals surface area (Å²) in [6.45, 7) is 1.89. The molecule has 13 heavy (non-hydrogen) atoms. The molecule has 0 saturated heterocycles. The Hall–Kier alpha value is -0.740. The first-order valence-electron chi connectivity index (χ1n) is 3.50. The van der Waals surface area contributed by atoms with Gasteiger partial charge in [0.1, 0.15) is 0 Å². The second-order valence-electron chi connectivity index (χ2n) is 2.58. The highest BCUT2D eigenvalue weighted by Crippen LogP contribution is 2.01. The van der Waals surface area contributed by atoms with Crippen molar-refractivity contribution in [3.8, 4) is 0 Å². The number of hydrogen-bond acceptors (Lipinski definition) is 2. The summed E-state index contributed by atoms with van der Waals surface area (Å²) in [5.41, 5.74) is 1.07. The smallest absolute Gasteiger partial charge is 0.370 e. The molecule has 0 amide bonds. The minimum absolute atomic E-state index is 0. The minimum Gasteiger partial charge on any atom is -1.00 e. The van der Waals surface area contributed by atoms with Crippen LogP contribution in [-0.4, -0.2) is 11.1 Å². The highest BCUT2D eigenvalue weighted by molar-refractivity contribution is 7.80. The molecule has 3 nitrogen and oxygen atoms in total. The normalized spacial score (nSPS) is 9.08. The molecule has 1 rings (SSSR count). The molecule has 72 valence electrons. The van der Waals surface area contributed by atoms with Gasteiger partial charge in [-0.2, -0.15) is 4.57 Å². The first-order valence-corrected chi connectivity index (χ1v) is 3.95. The average molecular weight is 220 g/mol. The van der Waals surface area contributed by atoms with E-state index in [-0.39, 0.29) is 19.0 Å². The Balaban J connectivity index is 0.00000144. The largest absolute Gasteiger partial charge is 1.00 e. The van der Waals surface area contributed by atoms with Gasteiger partial charge in [0.05, 0.1) is 0 Å². The number of hydrogen-bond donors (Lipinski definition) is 2. The number of aliphatic carboxylic acids is 1. The number of halogens is 1. The van der Waals surface area contributed by atoms with Crippen molar-refractivity contribution in [2.75, 3.05) is 0 Å². The van der Waals surface area contributed by atoms with Crippen LogP contribution >= 0.6 is 12.6 Å². The molecule has 0 aromatic carbocycles. The van der Waals surface area contributed by atoms with E-state index in [1.165, 1.54) is 0 Å². The summed E-state index contributed by atoms with van der Waals surface area (Å²) in [5.74, 6) is -0.862. The molecule has 0 aliphatic heterocycles. The number of aromatic nitrogens is 1. The molecule has 0 spiro atoms. The van der Waals surface area contributed by atoms with Crippen LogP contribution in [0, 0.1) is 6.92 Å². The van der Waals surface area contributed by atoms with Crippen LogP contribution in [0.5, 0.6) is 0 Å². The van der Waals surface area contributed by atoms with Crippen molar-refractivity contribution in [3.63, 3.8) is 0 Å². The van der Waals surface area contributed by atoms with Crippen molar-refractivity contribution in [1.82, 2.24) is 0 Å². The Morgan fingerprint density at radius 2 is 2.31 bits per heavy atom. The van der Waals surface area contributed by atoms with Gasteiger partial charge in [0.15, 0.2) is 6.20 Å². The zero-order valence-electron chi connectivity index (χ0n) is 7.07. The summed E-state index contributed by atoms with van der Waals surface area (Å²) < 4.78 is 1.57. The van der Waals surface area contributed by atoms with Gasteiger partial charge in [0.25, 0.3) is 0 Å². The van der Waals surface area contributed by atoms with Crippen molar-refractivity contribution < 1.29 is 26.9 Å². The highest BCUT2D eigenvalue weighted by Gasteiger charge is 2.10. The molecule has 1 aromatic heterocycles. The lowest BCUT2D eigenvalue weighted by Gasteiger charge is -1.96. The van der Waals surface area contributed by atoms with Crippen molar-refractivity contribution >= 4 is 18.6 Å². The number of carboxylic acid groups (broad SMARTS) is 1. The van der Waals surface area contributed by atoms with Gasteiger partial charge in [0, 0.05) is 12.1 Å².